The SMILES string of the molecule is CN(C(=O)c1ccccc1S)C1CCNCC1. The molecule has 1 fully saturated rings. The number of piperidine rings is 1. The van der Waals surface area contributed by atoms with E-state index >= 15 is 0 Å². The van der Waals surface area contributed by atoms with Crippen LogP contribution in [0.5, 0.6) is 0 Å². The number of amides is 1. The zero-order valence-electron chi connectivity index (χ0n) is 10.0. The Labute approximate surface area is 108 Å². The van der Waals surface area contributed by atoms with E-state index in [2.05, 4.69) is 17.9 Å². The van der Waals surface area contributed by atoms with E-state index in [1.165, 1.54) is 0 Å². The van der Waals surface area contributed by atoms with Crippen LogP contribution in [0.25, 0.3) is 0 Å². The molecule has 0 radical (unpaired) electrons. The molecule has 1 saturated heterocycles. The molecular formula is C13H18N2OS. The molecule has 4 heteroatoms. The number of hydrogen-bond acceptors (Lipinski definition) is 3. The fourth-order valence-electron chi connectivity index (χ4n) is 2.20. The summed E-state index contributed by atoms with van der Waals surface area (Å²) in [6, 6.07) is 7.80. The van der Waals surface area contributed by atoms with E-state index in [9.17, 15) is 4.79 Å². The summed E-state index contributed by atoms with van der Waals surface area (Å²) < 4.78 is 0. The van der Waals surface area contributed by atoms with Gasteiger partial charge >= 0.3 is 0 Å². The molecule has 1 heterocycles. The number of benzene rings is 1. The lowest BCUT2D eigenvalue weighted by Crippen LogP contribution is -2.44. The zero-order chi connectivity index (χ0) is 12.3. The first-order chi connectivity index (χ1) is 8.20. The lowest BCUT2D eigenvalue weighted by atomic mass is 10.0. The van der Waals surface area contributed by atoms with Gasteiger partial charge in [0.25, 0.3) is 5.91 Å². The molecule has 17 heavy (non-hydrogen) atoms. The summed E-state index contributed by atoms with van der Waals surface area (Å²) in [6.45, 7) is 1.98. The second-order valence-electron chi connectivity index (χ2n) is 4.41. The van der Waals surface area contributed by atoms with Gasteiger partial charge in [-0.05, 0) is 38.1 Å². The molecule has 1 aromatic rings. The number of carbonyl (C=O) groups excluding carboxylic acids is 1. The molecule has 0 bridgehead atoms. The molecule has 0 unspecified atom stereocenters. The Hall–Kier alpha value is -1.00. The maximum atomic E-state index is 12.3. The number of carbonyl (C=O) groups is 1. The highest BCUT2D eigenvalue weighted by atomic mass is 32.1. The molecule has 1 aliphatic rings. The van der Waals surface area contributed by atoms with Crippen LogP contribution in [0.3, 0.4) is 0 Å². The Kier molecular flexibility index (Phi) is 4.07. The summed E-state index contributed by atoms with van der Waals surface area (Å²) in [7, 11) is 1.89. The van der Waals surface area contributed by atoms with Gasteiger partial charge in [-0.2, -0.15) is 0 Å². The lowest BCUT2D eigenvalue weighted by Gasteiger charge is -2.32. The van der Waals surface area contributed by atoms with Gasteiger partial charge in [0.05, 0.1) is 5.56 Å². The Morgan fingerprint density at radius 2 is 2.00 bits per heavy atom. The Morgan fingerprint density at radius 3 is 2.65 bits per heavy atom. The van der Waals surface area contributed by atoms with Crippen molar-refractivity contribution in [2.75, 3.05) is 20.1 Å². The molecule has 0 aromatic heterocycles. The summed E-state index contributed by atoms with van der Waals surface area (Å²) in [5.41, 5.74) is 0.692. The van der Waals surface area contributed by atoms with Crippen molar-refractivity contribution in [1.29, 1.82) is 0 Å². The molecule has 0 spiro atoms. The first-order valence-corrected chi connectivity index (χ1v) is 6.40. The van der Waals surface area contributed by atoms with Crippen LogP contribution in [0.2, 0.25) is 0 Å². The highest BCUT2D eigenvalue weighted by Crippen LogP contribution is 2.18. The highest BCUT2D eigenvalue weighted by Gasteiger charge is 2.23. The highest BCUT2D eigenvalue weighted by molar-refractivity contribution is 7.80. The Morgan fingerprint density at radius 1 is 1.35 bits per heavy atom. The third-order valence-electron chi connectivity index (χ3n) is 3.31. The van der Waals surface area contributed by atoms with Crippen LogP contribution in [0.4, 0.5) is 0 Å². The van der Waals surface area contributed by atoms with Crippen molar-refractivity contribution < 1.29 is 4.79 Å². The van der Waals surface area contributed by atoms with Crippen molar-refractivity contribution in [2.45, 2.75) is 23.8 Å². The van der Waals surface area contributed by atoms with Gasteiger partial charge in [0.1, 0.15) is 0 Å². The Bertz CT molecular complexity index is 402. The number of thiol groups is 1. The van der Waals surface area contributed by atoms with Crippen molar-refractivity contribution in [3.63, 3.8) is 0 Å². The van der Waals surface area contributed by atoms with E-state index in [-0.39, 0.29) is 5.91 Å². The molecule has 0 atom stereocenters. The minimum Gasteiger partial charge on any atom is -0.339 e. The smallest absolute Gasteiger partial charge is 0.254 e. The summed E-state index contributed by atoms with van der Waals surface area (Å²) >= 11 is 4.34. The standard InChI is InChI=1S/C13H18N2OS/c1-15(10-6-8-14-9-7-10)13(16)11-4-2-3-5-12(11)17/h2-5,10,14,17H,6-9H2,1H3. The van der Waals surface area contributed by atoms with E-state index in [1.54, 1.807) is 0 Å². The van der Waals surface area contributed by atoms with E-state index in [0.29, 0.717) is 11.6 Å². The van der Waals surface area contributed by atoms with Crippen LogP contribution in [0, 0.1) is 0 Å². The number of nitrogens with one attached hydrogen (secondary N) is 1. The van der Waals surface area contributed by atoms with Crippen molar-refractivity contribution in [2.24, 2.45) is 0 Å². The van der Waals surface area contributed by atoms with Crippen LogP contribution in [0.15, 0.2) is 29.2 Å². The number of hydrogen-bond donors (Lipinski definition) is 2. The maximum absolute atomic E-state index is 12.3. The van der Waals surface area contributed by atoms with Crippen LogP contribution in [0.1, 0.15) is 23.2 Å². The molecule has 2 rings (SSSR count). The van der Waals surface area contributed by atoms with Crippen molar-refractivity contribution in [3.05, 3.63) is 29.8 Å². The third kappa shape index (κ3) is 2.82. The van der Waals surface area contributed by atoms with Gasteiger partial charge in [-0.3, -0.25) is 4.79 Å². The van der Waals surface area contributed by atoms with Gasteiger partial charge in [0, 0.05) is 18.0 Å². The predicted octanol–water partition coefficient (Wildman–Crippen LogP) is 1.80. The monoisotopic (exact) mass is 250 g/mol. The predicted molar refractivity (Wildman–Crippen MR) is 71.7 cm³/mol. The fourth-order valence-corrected chi connectivity index (χ4v) is 2.46. The first kappa shape index (κ1) is 12.5. The van der Waals surface area contributed by atoms with Gasteiger partial charge in [-0.1, -0.05) is 12.1 Å². The quantitative estimate of drug-likeness (QED) is 0.785. The van der Waals surface area contributed by atoms with Gasteiger partial charge in [-0.15, -0.1) is 12.6 Å². The van der Waals surface area contributed by atoms with Crippen LogP contribution in [-0.2, 0) is 0 Å². The second-order valence-corrected chi connectivity index (χ2v) is 4.90. The van der Waals surface area contributed by atoms with Gasteiger partial charge in [0.2, 0.25) is 0 Å². The minimum atomic E-state index is 0.0718. The van der Waals surface area contributed by atoms with Crippen LogP contribution in [-0.4, -0.2) is 37.0 Å². The van der Waals surface area contributed by atoms with Gasteiger partial charge < -0.3 is 10.2 Å². The number of nitrogens with zero attached hydrogens (tertiary/aromatic N) is 1. The van der Waals surface area contributed by atoms with E-state index in [0.717, 1.165) is 30.8 Å². The molecule has 1 N–H and O–H groups in total. The molecule has 0 saturated carbocycles. The van der Waals surface area contributed by atoms with E-state index in [4.69, 9.17) is 0 Å². The molecule has 0 aliphatic carbocycles. The van der Waals surface area contributed by atoms with E-state index in [1.807, 2.05) is 36.2 Å². The van der Waals surface area contributed by atoms with Crippen LogP contribution < -0.4 is 5.32 Å². The fraction of sp³-hybridized carbons (Fsp3) is 0.462. The summed E-state index contributed by atoms with van der Waals surface area (Å²) in [6.07, 6.45) is 2.05. The summed E-state index contributed by atoms with van der Waals surface area (Å²) in [5, 5.41) is 3.31. The van der Waals surface area contributed by atoms with E-state index < -0.39 is 0 Å². The second kappa shape index (κ2) is 5.56. The van der Waals surface area contributed by atoms with Crippen molar-refractivity contribution >= 4 is 18.5 Å². The van der Waals surface area contributed by atoms with Crippen molar-refractivity contribution in [3.8, 4) is 0 Å². The molecule has 1 aromatic carbocycles. The lowest BCUT2D eigenvalue weighted by molar-refractivity contribution is 0.0700. The summed E-state index contributed by atoms with van der Waals surface area (Å²) in [4.78, 5) is 14.9. The van der Waals surface area contributed by atoms with Crippen molar-refractivity contribution in [1.82, 2.24) is 10.2 Å². The molecule has 92 valence electrons. The average molecular weight is 250 g/mol. The molecule has 3 nitrogen and oxygen atoms in total. The molecular weight excluding hydrogens is 232 g/mol. The Balaban J connectivity index is 2.11. The van der Waals surface area contributed by atoms with Crippen LogP contribution >= 0.6 is 12.6 Å². The molecule has 1 aliphatic heterocycles. The number of rotatable bonds is 2. The van der Waals surface area contributed by atoms with Gasteiger partial charge in [0.15, 0.2) is 0 Å². The largest absolute Gasteiger partial charge is 0.339 e. The maximum Gasteiger partial charge on any atom is 0.254 e. The first-order valence-electron chi connectivity index (χ1n) is 5.96. The zero-order valence-corrected chi connectivity index (χ0v) is 10.9. The minimum absolute atomic E-state index is 0.0718. The van der Waals surface area contributed by atoms with Gasteiger partial charge in [-0.25, -0.2) is 0 Å². The normalized spacial score (nSPS) is 16.8. The third-order valence-corrected chi connectivity index (χ3v) is 3.70. The topological polar surface area (TPSA) is 32.3 Å². The molecule has 1 amide bonds. The average Bonchev–Trinajstić information content (AvgIpc) is 2.39. The summed E-state index contributed by atoms with van der Waals surface area (Å²) in [5.74, 6) is 0.0718.